The van der Waals surface area contributed by atoms with Gasteiger partial charge in [-0.25, -0.2) is 0 Å². The van der Waals surface area contributed by atoms with Crippen molar-refractivity contribution < 1.29 is 18.7 Å². The molecule has 0 spiro atoms. The molecule has 10 nitrogen and oxygen atoms in total. The maximum atomic E-state index is 15.7. The zero-order valence-corrected chi connectivity index (χ0v) is 27.9. The first-order valence-corrected chi connectivity index (χ1v) is 16.4. The quantitative estimate of drug-likeness (QED) is 0.146. The van der Waals surface area contributed by atoms with Crippen LogP contribution in [0.2, 0.25) is 0 Å². The summed E-state index contributed by atoms with van der Waals surface area (Å²) in [7, 11) is 0. The van der Waals surface area contributed by atoms with E-state index in [0.717, 1.165) is 19.4 Å². The van der Waals surface area contributed by atoms with Crippen LogP contribution >= 0.6 is 0 Å². The molecule has 1 unspecified atom stereocenters. The predicted octanol–water partition coefficient (Wildman–Crippen LogP) is 4.33. The number of nitrogens with zero attached hydrogens (tertiary/aromatic N) is 7. The molecule has 0 saturated carbocycles. The maximum absolute atomic E-state index is 15.7. The molecule has 236 valence electrons. The molecule has 1 amide bonds. The van der Waals surface area contributed by atoms with Gasteiger partial charge in [0.2, 0.25) is 0 Å². The fraction of sp³-hybridized carbons (Fsp3) is 0.382. The second-order valence-corrected chi connectivity index (χ2v) is 13.0. The van der Waals surface area contributed by atoms with Crippen LogP contribution < -0.4 is 9.22 Å². The van der Waals surface area contributed by atoms with Crippen molar-refractivity contribution in [1.29, 1.82) is 5.26 Å². The molecule has 2 aliphatic rings. The van der Waals surface area contributed by atoms with E-state index in [1.54, 1.807) is 39.9 Å². The number of likely N-dealkylation sites (tertiary alicyclic amines) is 1. The summed E-state index contributed by atoms with van der Waals surface area (Å²) in [5.74, 6) is 0.183. The number of para-hydroxylation sites is 1. The van der Waals surface area contributed by atoms with E-state index in [2.05, 4.69) is 44.7 Å². The number of carbonyl (C=O) groups is 1. The van der Waals surface area contributed by atoms with Gasteiger partial charge in [-0.2, -0.15) is 0 Å². The number of hydrogen-bond donors (Lipinski definition) is 0. The molecule has 0 aliphatic carbocycles. The van der Waals surface area contributed by atoms with Crippen molar-refractivity contribution in [3.8, 4) is 28.8 Å². The number of benzene rings is 2. The van der Waals surface area contributed by atoms with Crippen LogP contribution in [0.4, 0.5) is 4.39 Å². The van der Waals surface area contributed by atoms with E-state index < -0.39 is 11.4 Å². The second-order valence-electron chi connectivity index (χ2n) is 12.1. The first kappa shape index (κ1) is 31.9. The first-order valence-electron chi connectivity index (χ1n) is 15.4. The Balaban J connectivity index is 1.28. The SMILES string of the molecule is CCN(C1COC1)C(C)(C)C=C(C#N)C(=O)N1CCCC(n2nc(-c3ccc(Oc4ccccc4)cc3F)c3c([As])ncnc32)C1. The van der Waals surface area contributed by atoms with Gasteiger partial charge < -0.3 is 4.74 Å². The molecular weight excluding hydrogens is 648 g/mol. The van der Waals surface area contributed by atoms with E-state index in [1.165, 1.54) is 12.4 Å². The van der Waals surface area contributed by atoms with Crippen LogP contribution in [-0.2, 0) is 9.53 Å². The molecule has 1 atom stereocenters. The normalized spacial score (nSPS) is 17.6. The summed E-state index contributed by atoms with van der Waals surface area (Å²) in [4.78, 5) is 26.6. The molecule has 2 saturated heterocycles. The number of amides is 1. The van der Waals surface area contributed by atoms with E-state index >= 15 is 4.39 Å². The number of likely N-dealkylation sites (N-methyl/N-ethyl adjacent to an activating group) is 1. The molecule has 4 heterocycles. The Labute approximate surface area is 276 Å². The van der Waals surface area contributed by atoms with E-state index in [-0.39, 0.29) is 23.6 Å². The van der Waals surface area contributed by atoms with Crippen molar-refractivity contribution in [3.63, 3.8) is 0 Å². The number of piperidine rings is 1. The minimum absolute atomic E-state index is 0.116. The summed E-state index contributed by atoms with van der Waals surface area (Å²) in [5.41, 5.74) is 0.875. The van der Waals surface area contributed by atoms with Crippen molar-refractivity contribution in [2.75, 3.05) is 32.8 Å². The van der Waals surface area contributed by atoms with Crippen LogP contribution in [0.25, 0.3) is 22.3 Å². The zero-order chi connectivity index (χ0) is 32.4. The number of nitriles is 1. The molecular formula is C34H35AsFN7O3. The van der Waals surface area contributed by atoms with Gasteiger partial charge >= 0.3 is 240 Å². The molecule has 2 radical (unpaired) electrons. The number of aromatic nitrogens is 4. The van der Waals surface area contributed by atoms with Gasteiger partial charge in [-0.3, -0.25) is 0 Å². The third-order valence-corrected chi connectivity index (χ3v) is 9.37. The van der Waals surface area contributed by atoms with Crippen LogP contribution in [0.3, 0.4) is 0 Å². The topological polar surface area (TPSA) is 109 Å². The molecule has 2 fully saturated rings. The summed E-state index contributed by atoms with van der Waals surface area (Å²) in [6.45, 7) is 9.05. The van der Waals surface area contributed by atoms with Crippen LogP contribution in [0.15, 0.2) is 66.5 Å². The van der Waals surface area contributed by atoms with Gasteiger partial charge in [-0.1, -0.05) is 6.92 Å². The monoisotopic (exact) mass is 683 g/mol. The molecule has 0 N–H and O–H groups in total. The minimum atomic E-state index is -0.509. The molecule has 46 heavy (non-hydrogen) atoms. The number of halogens is 1. The van der Waals surface area contributed by atoms with Gasteiger partial charge in [0.05, 0.1) is 19.3 Å². The first-order chi connectivity index (χ1) is 22.2. The Morgan fingerprint density at radius 1 is 1.22 bits per heavy atom. The van der Waals surface area contributed by atoms with Crippen LogP contribution in [0.1, 0.15) is 39.7 Å². The van der Waals surface area contributed by atoms with E-state index in [1.807, 2.05) is 32.0 Å². The molecule has 0 bridgehead atoms. The standard InChI is InChI=1S/C34H35AsFN7O3/c1-4-42(24-19-45-20-24)34(2,3)16-22(17-37)33(44)41-14-8-9-23(18-41)43-32-29(31(35)38-21-39-32)30(40-43)27-13-12-26(15-28(27)36)46-25-10-6-5-7-11-25/h5-7,10-13,15-16,21,23-24H,4,8-9,14,18-20H2,1-3H3. The molecule has 12 heteroatoms. The summed E-state index contributed by atoms with van der Waals surface area (Å²) < 4.78 is 29.3. The van der Waals surface area contributed by atoms with Crippen molar-refractivity contribution >= 4 is 38.3 Å². The fourth-order valence-corrected chi connectivity index (χ4v) is 6.94. The Kier molecular flexibility index (Phi) is 9.23. The van der Waals surface area contributed by atoms with Crippen molar-refractivity contribution in [2.45, 2.75) is 51.2 Å². The Hall–Kier alpha value is -4.10. The van der Waals surface area contributed by atoms with Gasteiger partial charge in [-0.15, -0.1) is 0 Å². The van der Waals surface area contributed by atoms with Gasteiger partial charge in [0.15, 0.2) is 0 Å². The van der Waals surface area contributed by atoms with Gasteiger partial charge in [0, 0.05) is 0 Å². The number of ether oxygens (including phenoxy) is 2. The number of fused-ring (bicyclic) bond motifs is 1. The Bertz CT molecular complexity index is 1820. The van der Waals surface area contributed by atoms with Crippen molar-refractivity contribution in [2.24, 2.45) is 0 Å². The summed E-state index contributed by atoms with van der Waals surface area (Å²) in [6.07, 6.45) is 4.70. The Morgan fingerprint density at radius 2 is 2.00 bits per heavy atom. The third-order valence-electron chi connectivity index (χ3n) is 8.66. The number of carbonyl (C=O) groups excluding carboxylic acids is 1. The molecule has 2 aliphatic heterocycles. The summed E-state index contributed by atoms with van der Waals surface area (Å²) in [6, 6.07) is 16.1. The van der Waals surface area contributed by atoms with Crippen LogP contribution in [0, 0.1) is 17.1 Å². The van der Waals surface area contributed by atoms with Crippen molar-refractivity contribution in [1.82, 2.24) is 29.5 Å². The van der Waals surface area contributed by atoms with Gasteiger partial charge in [0.1, 0.15) is 0 Å². The molecule has 4 aromatic rings. The predicted molar refractivity (Wildman–Crippen MR) is 172 cm³/mol. The average Bonchev–Trinajstić information content (AvgIpc) is 3.42. The zero-order valence-electron chi connectivity index (χ0n) is 26.1. The molecule has 2 aromatic heterocycles. The van der Waals surface area contributed by atoms with E-state index in [4.69, 9.17) is 14.6 Å². The summed E-state index contributed by atoms with van der Waals surface area (Å²) >= 11 is 2.41. The summed E-state index contributed by atoms with van der Waals surface area (Å²) in [5, 5.41) is 15.6. The van der Waals surface area contributed by atoms with Gasteiger partial charge in [0.25, 0.3) is 0 Å². The van der Waals surface area contributed by atoms with E-state index in [0.29, 0.717) is 64.6 Å². The molecule has 6 rings (SSSR count). The Morgan fingerprint density at radius 3 is 2.67 bits per heavy atom. The second kappa shape index (κ2) is 13.3. The van der Waals surface area contributed by atoms with Crippen LogP contribution in [0.5, 0.6) is 11.5 Å². The fourth-order valence-electron chi connectivity index (χ4n) is 6.40. The average molecular weight is 684 g/mol. The molecule has 2 aromatic carbocycles. The van der Waals surface area contributed by atoms with Gasteiger partial charge in [-0.05, 0) is 6.54 Å². The third kappa shape index (κ3) is 6.30. The van der Waals surface area contributed by atoms with E-state index in [9.17, 15) is 10.1 Å². The number of hydrogen-bond acceptors (Lipinski definition) is 8. The number of rotatable bonds is 9. The van der Waals surface area contributed by atoms with Crippen molar-refractivity contribution in [3.05, 3.63) is 72.3 Å². The van der Waals surface area contributed by atoms with Crippen LogP contribution in [-0.4, -0.2) is 96.7 Å².